The zero-order valence-electron chi connectivity index (χ0n) is 12.0. The van der Waals surface area contributed by atoms with Crippen LogP contribution in [0, 0.1) is 13.8 Å². The summed E-state index contributed by atoms with van der Waals surface area (Å²) < 4.78 is 17.9. The number of para-hydroxylation sites is 1. The Morgan fingerprint density at radius 1 is 1.20 bits per heavy atom. The van der Waals surface area contributed by atoms with Gasteiger partial charge in [0.25, 0.3) is 0 Å². The van der Waals surface area contributed by atoms with Crippen LogP contribution in [-0.2, 0) is 16.6 Å². The Morgan fingerprint density at radius 3 is 2.65 bits per heavy atom. The monoisotopic (exact) mass is 289 g/mol. The van der Waals surface area contributed by atoms with Gasteiger partial charge in [-0.15, -0.1) is 0 Å². The largest absolute Gasteiger partial charge is 0.496 e. The van der Waals surface area contributed by atoms with Crippen LogP contribution in [0.1, 0.15) is 16.7 Å². The molecule has 0 aromatic heterocycles. The third-order valence-electron chi connectivity index (χ3n) is 3.25. The van der Waals surface area contributed by atoms with Gasteiger partial charge in [-0.2, -0.15) is 0 Å². The van der Waals surface area contributed by atoms with E-state index in [1.54, 1.807) is 7.11 Å². The fourth-order valence-electron chi connectivity index (χ4n) is 2.09. The molecule has 0 spiro atoms. The number of methoxy groups -OCH3 is 1. The Labute approximate surface area is 122 Å². The Hall–Kier alpha value is -1.81. The average molecular weight is 289 g/mol. The van der Waals surface area contributed by atoms with Crippen LogP contribution in [0.2, 0.25) is 0 Å². The van der Waals surface area contributed by atoms with Gasteiger partial charge in [0.1, 0.15) is 5.75 Å². The average Bonchev–Trinajstić information content (AvgIpc) is 2.42. The predicted octanol–water partition coefficient (Wildman–Crippen LogP) is 3.20. The lowest BCUT2D eigenvalue weighted by molar-refractivity contribution is 0.411. The van der Waals surface area contributed by atoms with Gasteiger partial charge in [0.2, 0.25) is 0 Å². The zero-order valence-corrected chi connectivity index (χ0v) is 12.8. The van der Waals surface area contributed by atoms with Gasteiger partial charge < -0.3 is 10.5 Å². The summed E-state index contributed by atoms with van der Waals surface area (Å²) in [5.41, 5.74) is 9.63. The molecule has 0 heterocycles. The lowest BCUT2D eigenvalue weighted by Gasteiger charge is -2.11. The molecular formula is C16H19NO2S. The lowest BCUT2D eigenvalue weighted by Crippen LogP contribution is -2.03. The molecule has 1 unspecified atom stereocenters. The second-order valence-electron chi connectivity index (χ2n) is 4.79. The quantitative estimate of drug-likeness (QED) is 0.879. The maximum absolute atomic E-state index is 12.5. The van der Waals surface area contributed by atoms with E-state index < -0.39 is 10.8 Å². The standard InChI is InChI=1S/C16H19NO2S/c1-11-7-8-14(19-3)13(9-11)10-20(18)15-6-4-5-12(2)16(15)17/h4-9H,10,17H2,1-3H3. The summed E-state index contributed by atoms with van der Waals surface area (Å²) in [6.45, 7) is 3.93. The van der Waals surface area contributed by atoms with Crippen molar-refractivity contribution in [1.82, 2.24) is 0 Å². The van der Waals surface area contributed by atoms with Crippen molar-refractivity contribution >= 4 is 16.5 Å². The molecule has 2 rings (SSSR count). The second kappa shape index (κ2) is 6.09. The first-order chi connectivity index (χ1) is 9.52. The van der Waals surface area contributed by atoms with Crippen LogP contribution < -0.4 is 10.5 Å². The summed E-state index contributed by atoms with van der Waals surface area (Å²) in [4.78, 5) is 0.688. The van der Waals surface area contributed by atoms with Crippen LogP contribution in [0.5, 0.6) is 5.75 Å². The van der Waals surface area contributed by atoms with E-state index in [0.29, 0.717) is 16.3 Å². The minimum absolute atomic E-state index is 0.401. The molecule has 0 fully saturated rings. The molecule has 20 heavy (non-hydrogen) atoms. The number of nitrogen functional groups attached to an aromatic ring is 1. The highest BCUT2D eigenvalue weighted by molar-refractivity contribution is 7.84. The number of anilines is 1. The van der Waals surface area contributed by atoms with Gasteiger partial charge in [0.05, 0.1) is 34.2 Å². The van der Waals surface area contributed by atoms with Gasteiger partial charge in [0, 0.05) is 5.56 Å². The van der Waals surface area contributed by atoms with Gasteiger partial charge in [-0.25, -0.2) is 0 Å². The normalized spacial score (nSPS) is 12.2. The highest BCUT2D eigenvalue weighted by Gasteiger charge is 2.13. The summed E-state index contributed by atoms with van der Waals surface area (Å²) in [7, 11) is 0.442. The van der Waals surface area contributed by atoms with Crippen molar-refractivity contribution in [1.29, 1.82) is 0 Å². The number of nitrogens with two attached hydrogens (primary N) is 1. The first-order valence-electron chi connectivity index (χ1n) is 6.40. The molecule has 0 radical (unpaired) electrons. The smallest absolute Gasteiger partial charge is 0.123 e. The molecule has 2 aromatic carbocycles. The number of aryl methyl sites for hydroxylation is 2. The molecule has 0 aliphatic rings. The van der Waals surface area contributed by atoms with E-state index in [1.165, 1.54) is 0 Å². The Kier molecular flexibility index (Phi) is 4.45. The van der Waals surface area contributed by atoms with Crippen molar-refractivity contribution in [2.24, 2.45) is 0 Å². The summed E-state index contributed by atoms with van der Waals surface area (Å²) in [5, 5.41) is 0. The number of benzene rings is 2. The third kappa shape index (κ3) is 3.02. The molecular weight excluding hydrogens is 270 g/mol. The Morgan fingerprint density at radius 2 is 1.95 bits per heavy atom. The molecule has 0 amide bonds. The molecule has 106 valence electrons. The van der Waals surface area contributed by atoms with E-state index in [4.69, 9.17) is 10.5 Å². The number of hydrogen-bond donors (Lipinski definition) is 1. The minimum atomic E-state index is -1.18. The summed E-state index contributed by atoms with van der Waals surface area (Å²) in [5.74, 6) is 1.16. The third-order valence-corrected chi connectivity index (χ3v) is 4.67. The van der Waals surface area contributed by atoms with Crippen LogP contribution in [0.4, 0.5) is 5.69 Å². The summed E-state index contributed by atoms with van der Waals surface area (Å²) in [6, 6.07) is 11.5. The molecule has 4 heteroatoms. The molecule has 2 N–H and O–H groups in total. The maximum Gasteiger partial charge on any atom is 0.123 e. The SMILES string of the molecule is COc1ccc(C)cc1CS(=O)c1cccc(C)c1N. The van der Waals surface area contributed by atoms with Crippen LogP contribution in [0.3, 0.4) is 0 Å². The van der Waals surface area contributed by atoms with Gasteiger partial charge in [-0.1, -0.05) is 29.8 Å². The maximum atomic E-state index is 12.5. The highest BCUT2D eigenvalue weighted by atomic mass is 32.2. The fraction of sp³-hybridized carbons (Fsp3) is 0.250. The summed E-state index contributed by atoms with van der Waals surface area (Å²) in [6.07, 6.45) is 0. The van der Waals surface area contributed by atoms with Crippen molar-refractivity contribution < 1.29 is 8.95 Å². The van der Waals surface area contributed by atoms with E-state index in [0.717, 1.165) is 22.4 Å². The highest BCUT2D eigenvalue weighted by Crippen LogP contribution is 2.26. The summed E-state index contributed by atoms with van der Waals surface area (Å²) >= 11 is 0. The van der Waals surface area contributed by atoms with Gasteiger partial charge >= 0.3 is 0 Å². The van der Waals surface area contributed by atoms with Crippen LogP contribution in [-0.4, -0.2) is 11.3 Å². The van der Waals surface area contributed by atoms with E-state index in [1.807, 2.05) is 50.2 Å². The van der Waals surface area contributed by atoms with E-state index >= 15 is 0 Å². The van der Waals surface area contributed by atoms with Crippen molar-refractivity contribution in [2.45, 2.75) is 24.5 Å². The van der Waals surface area contributed by atoms with Crippen LogP contribution in [0.15, 0.2) is 41.3 Å². The zero-order chi connectivity index (χ0) is 14.7. The lowest BCUT2D eigenvalue weighted by atomic mass is 10.1. The number of hydrogen-bond acceptors (Lipinski definition) is 3. The molecule has 0 aliphatic heterocycles. The molecule has 2 aromatic rings. The predicted molar refractivity (Wildman–Crippen MR) is 83.4 cm³/mol. The van der Waals surface area contributed by atoms with Crippen molar-refractivity contribution in [3.8, 4) is 5.75 Å². The minimum Gasteiger partial charge on any atom is -0.496 e. The van der Waals surface area contributed by atoms with E-state index in [2.05, 4.69) is 0 Å². The Balaban J connectivity index is 2.32. The molecule has 1 atom stereocenters. The fourth-order valence-corrected chi connectivity index (χ4v) is 3.39. The van der Waals surface area contributed by atoms with Gasteiger partial charge in [-0.3, -0.25) is 4.21 Å². The van der Waals surface area contributed by atoms with Gasteiger partial charge in [-0.05, 0) is 31.5 Å². The molecule has 3 nitrogen and oxygen atoms in total. The Bertz CT molecular complexity index is 653. The second-order valence-corrected chi connectivity index (χ2v) is 6.21. The van der Waals surface area contributed by atoms with E-state index in [-0.39, 0.29) is 0 Å². The molecule has 0 bridgehead atoms. The van der Waals surface area contributed by atoms with Crippen molar-refractivity contribution in [3.05, 3.63) is 53.1 Å². The van der Waals surface area contributed by atoms with Crippen molar-refractivity contribution in [2.75, 3.05) is 12.8 Å². The van der Waals surface area contributed by atoms with Crippen molar-refractivity contribution in [3.63, 3.8) is 0 Å². The first-order valence-corrected chi connectivity index (χ1v) is 7.72. The van der Waals surface area contributed by atoms with Gasteiger partial charge in [0.15, 0.2) is 0 Å². The molecule has 0 saturated heterocycles. The first kappa shape index (κ1) is 14.6. The van der Waals surface area contributed by atoms with Crippen LogP contribution >= 0.6 is 0 Å². The molecule has 0 aliphatic carbocycles. The van der Waals surface area contributed by atoms with Crippen LogP contribution in [0.25, 0.3) is 0 Å². The number of rotatable bonds is 4. The molecule has 0 saturated carbocycles. The topological polar surface area (TPSA) is 52.3 Å². The van der Waals surface area contributed by atoms with E-state index in [9.17, 15) is 4.21 Å². The number of ether oxygens (including phenoxy) is 1.